The molecule has 0 saturated carbocycles. The van der Waals surface area contributed by atoms with Gasteiger partial charge in [-0.3, -0.25) is 4.79 Å². The van der Waals surface area contributed by atoms with Crippen LogP contribution in [-0.2, 0) is 5.41 Å². The Labute approximate surface area is 120 Å². The maximum atomic E-state index is 12.2. The fourth-order valence-corrected chi connectivity index (χ4v) is 1.86. The molecule has 1 atom stereocenters. The van der Waals surface area contributed by atoms with E-state index in [0.29, 0.717) is 17.1 Å². The minimum atomic E-state index is -0.0753. The summed E-state index contributed by atoms with van der Waals surface area (Å²) >= 11 is 4.90. The maximum absolute atomic E-state index is 12.2. The summed E-state index contributed by atoms with van der Waals surface area (Å²) in [4.78, 5) is 12.7. The van der Waals surface area contributed by atoms with Crippen molar-refractivity contribution in [3.63, 3.8) is 0 Å². The molecular weight excluding hydrogens is 256 g/mol. The normalized spacial score (nSPS) is 12.8. The summed E-state index contributed by atoms with van der Waals surface area (Å²) in [7, 11) is 0. The molecule has 0 bridgehead atoms. The van der Waals surface area contributed by atoms with Crippen molar-refractivity contribution in [1.82, 2.24) is 5.32 Å². The van der Waals surface area contributed by atoms with Crippen molar-refractivity contribution in [1.29, 1.82) is 0 Å². The lowest BCUT2D eigenvalue weighted by molar-refractivity contribution is 0.0949. The highest BCUT2D eigenvalue weighted by atomic mass is 32.1. The van der Waals surface area contributed by atoms with Crippen molar-refractivity contribution in [3.8, 4) is 0 Å². The molecule has 0 fully saturated rings. The number of carbonyl (C=O) groups is 1. The minimum absolute atomic E-state index is 0.000693. The zero-order valence-corrected chi connectivity index (χ0v) is 12.8. The number of nitrogens with two attached hydrogens (primary N) is 1. The van der Waals surface area contributed by atoms with Crippen LogP contribution >= 0.6 is 12.2 Å². The van der Waals surface area contributed by atoms with Crippen LogP contribution in [0.2, 0.25) is 0 Å². The molecule has 4 heteroatoms. The number of thiocarbonyl (C=S) groups is 1. The molecule has 0 aliphatic carbocycles. The van der Waals surface area contributed by atoms with E-state index in [0.717, 1.165) is 5.56 Å². The maximum Gasteiger partial charge on any atom is 0.251 e. The van der Waals surface area contributed by atoms with Gasteiger partial charge >= 0.3 is 0 Å². The third kappa shape index (κ3) is 4.31. The van der Waals surface area contributed by atoms with E-state index in [1.807, 2.05) is 31.2 Å². The van der Waals surface area contributed by atoms with Crippen LogP contribution in [0.4, 0.5) is 0 Å². The molecule has 104 valence electrons. The molecule has 0 aliphatic rings. The van der Waals surface area contributed by atoms with Crippen molar-refractivity contribution in [2.75, 3.05) is 6.54 Å². The molecule has 19 heavy (non-hydrogen) atoms. The van der Waals surface area contributed by atoms with E-state index in [1.165, 1.54) is 0 Å². The lowest BCUT2D eigenvalue weighted by Crippen LogP contribution is -2.34. The lowest BCUT2D eigenvalue weighted by Gasteiger charge is -2.22. The Morgan fingerprint density at radius 2 is 1.95 bits per heavy atom. The highest BCUT2D eigenvalue weighted by Gasteiger charge is 2.21. The van der Waals surface area contributed by atoms with Crippen LogP contribution < -0.4 is 11.1 Å². The molecule has 0 aromatic heterocycles. The molecular formula is C15H22N2OS. The first kappa shape index (κ1) is 15.6. The van der Waals surface area contributed by atoms with E-state index in [-0.39, 0.29) is 17.2 Å². The second-order valence-electron chi connectivity index (χ2n) is 5.81. The first-order valence-corrected chi connectivity index (χ1v) is 6.81. The fraction of sp³-hybridized carbons (Fsp3) is 0.467. The monoisotopic (exact) mass is 278 g/mol. The Morgan fingerprint density at radius 3 is 2.47 bits per heavy atom. The fourth-order valence-electron chi connectivity index (χ4n) is 1.78. The van der Waals surface area contributed by atoms with Crippen molar-refractivity contribution in [2.24, 2.45) is 11.7 Å². The van der Waals surface area contributed by atoms with Crippen LogP contribution in [-0.4, -0.2) is 17.4 Å². The quantitative estimate of drug-likeness (QED) is 0.833. The van der Waals surface area contributed by atoms with Gasteiger partial charge in [-0.25, -0.2) is 0 Å². The van der Waals surface area contributed by atoms with E-state index >= 15 is 0 Å². The van der Waals surface area contributed by atoms with Gasteiger partial charge in [-0.1, -0.05) is 58.1 Å². The topological polar surface area (TPSA) is 55.1 Å². The lowest BCUT2D eigenvalue weighted by atomic mass is 9.83. The Bertz CT molecular complexity index is 477. The first-order chi connectivity index (χ1) is 8.73. The van der Waals surface area contributed by atoms with E-state index in [2.05, 4.69) is 26.1 Å². The number of hydrogen-bond donors (Lipinski definition) is 2. The summed E-state index contributed by atoms with van der Waals surface area (Å²) in [6, 6.07) is 7.67. The van der Waals surface area contributed by atoms with Gasteiger partial charge < -0.3 is 11.1 Å². The Morgan fingerprint density at radius 1 is 1.37 bits per heavy atom. The minimum Gasteiger partial charge on any atom is -0.393 e. The zero-order chi connectivity index (χ0) is 14.6. The summed E-state index contributed by atoms with van der Waals surface area (Å²) < 4.78 is 0. The van der Waals surface area contributed by atoms with Gasteiger partial charge in [0.25, 0.3) is 5.91 Å². The van der Waals surface area contributed by atoms with E-state index in [9.17, 15) is 4.79 Å². The van der Waals surface area contributed by atoms with Crippen LogP contribution in [0.25, 0.3) is 0 Å². The number of benzene rings is 1. The average molecular weight is 278 g/mol. The summed E-state index contributed by atoms with van der Waals surface area (Å²) in [6.07, 6.45) is 0. The number of nitrogens with one attached hydrogen (secondary N) is 1. The van der Waals surface area contributed by atoms with Crippen LogP contribution in [0.5, 0.6) is 0 Å². The van der Waals surface area contributed by atoms with Gasteiger partial charge in [0.05, 0.1) is 4.99 Å². The highest BCUT2D eigenvalue weighted by Crippen LogP contribution is 2.25. The molecule has 0 heterocycles. The summed E-state index contributed by atoms with van der Waals surface area (Å²) in [5.74, 6) is -0.0747. The third-order valence-electron chi connectivity index (χ3n) is 3.03. The molecule has 1 amide bonds. The smallest absolute Gasteiger partial charge is 0.251 e. The predicted molar refractivity (Wildman–Crippen MR) is 83.4 cm³/mol. The molecule has 3 nitrogen and oxygen atoms in total. The summed E-state index contributed by atoms with van der Waals surface area (Å²) in [5.41, 5.74) is 7.22. The van der Waals surface area contributed by atoms with Gasteiger partial charge in [0.15, 0.2) is 0 Å². The molecule has 0 radical (unpaired) electrons. The Kier molecular flexibility index (Phi) is 5.06. The highest BCUT2D eigenvalue weighted by molar-refractivity contribution is 7.80. The Hall–Kier alpha value is -1.42. The van der Waals surface area contributed by atoms with E-state index in [1.54, 1.807) is 0 Å². The van der Waals surface area contributed by atoms with Crippen LogP contribution in [0.15, 0.2) is 24.3 Å². The number of hydrogen-bond acceptors (Lipinski definition) is 2. The van der Waals surface area contributed by atoms with Gasteiger partial charge in [0.1, 0.15) is 0 Å². The largest absolute Gasteiger partial charge is 0.393 e. The predicted octanol–water partition coefficient (Wildman–Crippen LogP) is 2.64. The average Bonchev–Trinajstić information content (AvgIpc) is 2.34. The van der Waals surface area contributed by atoms with Crippen molar-refractivity contribution >= 4 is 23.1 Å². The molecule has 1 aromatic carbocycles. The summed E-state index contributed by atoms with van der Waals surface area (Å²) in [6.45, 7) is 8.65. The number of amides is 1. The molecule has 3 N–H and O–H groups in total. The Balaban J connectivity index is 2.86. The SMILES string of the molecule is CC(CNC(=O)c1ccccc1C(C)(C)C)C(N)=S. The van der Waals surface area contributed by atoms with Crippen molar-refractivity contribution in [3.05, 3.63) is 35.4 Å². The van der Waals surface area contributed by atoms with E-state index in [4.69, 9.17) is 18.0 Å². The molecule has 1 rings (SSSR count). The van der Waals surface area contributed by atoms with E-state index < -0.39 is 0 Å². The molecule has 1 unspecified atom stereocenters. The van der Waals surface area contributed by atoms with Gasteiger partial charge in [-0.2, -0.15) is 0 Å². The first-order valence-electron chi connectivity index (χ1n) is 6.40. The van der Waals surface area contributed by atoms with Crippen LogP contribution in [0.3, 0.4) is 0 Å². The van der Waals surface area contributed by atoms with Crippen LogP contribution in [0, 0.1) is 5.92 Å². The second kappa shape index (κ2) is 6.15. The summed E-state index contributed by atoms with van der Waals surface area (Å²) in [5, 5.41) is 2.89. The number of carbonyl (C=O) groups excluding carboxylic acids is 1. The zero-order valence-electron chi connectivity index (χ0n) is 12.0. The molecule has 0 spiro atoms. The standard InChI is InChI=1S/C15H22N2OS/c1-10(13(16)19)9-17-14(18)11-7-5-6-8-12(11)15(2,3)4/h5-8,10H,9H2,1-4H3,(H2,16,19)(H,17,18). The van der Waals surface area contributed by atoms with Crippen LogP contribution in [0.1, 0.15) is 43.6 Å². The van der Waals surface area contributed by atoms with Gasteiger partial charge in [0.2, 0.25) is 0 Å². The number of rotatable bonds is 4. The van der Waals surface area contributed by atoms with Gasteiger partial charge in [0, 0.05) is 18.0 Å². The van der Waals surface area contributed by atoms with Gasteiger partial charge in [-0.15, -0.1) is 0 Å². The second-order valence-corrected chi connectivity index (χ2v) is 6.28. The molecule has 0 saturated heterocycles. The molecule has 1 aromatic rings. The van der Waals surface area contributed by atoms with Crippen molar-refractivity contribution < 1.29 is 4.79 Å². The van der Waals surface area contributed by atoms with Crippen molar-refractivity contribution in [2.45, 2.75) is 33.1 Å². The molecule has 0 aliphatic heterocycles. The third-order valence-corrected chi connectivity index (χ3v) is 3.44. The van der Waals surface area contributed by atoms with Gasteiger partial charge in [-0.05, 0) is 17.0 Å².